The Kier molecular flexibility index (Phi) is 3.13. The molecule has 1 aliphatic rings. The van der Waals surface area contributed by atoms with Crippen molar-refractivity contribution in [2.75, 3.05) is 6.16 Å². The van der Waals surface area contributed by atoms with Gasteiger partial charge in [0.25, 0.3) is 0 Å². The van der Waals surface area contributed by atoms with Crippen LogP contribution in [0.3, 0.4) is 0 Å². The van der Waals surface area contributed by atoms with Crippen LogP contribution < -0.4 is 0 Å². The third kappa shape index (κ3) is 1.94. The van der Waals surface area contributed by atoms with Crippen LogP contribution in [0, 0.1) is 17.3 Å². The Morgan fingerprint density at radius 2 is 1.85 bits per heavy atom. The summed E-state index contributed by atoms with van der Waals surface area (Å²) in [6, 6.07) is 0. The van der Waals surface area contributed by atoms with Gasteiger partial charge in [-0.2, -0.15) is 0 Å². The SMILES string of the molecule is CC(C)CPC1(C)CC(C)C1(C)C. The van der Waals surface area contributed by atoms with Crippen molar-refractivity contribution in [1.82, 2.24) is 0 Å². The van der Waals surface area contributed by atoms with Crippen LogP contribution in [0.15, 0.2) is 0 Å². The van der Waals surface area contributed by atoms with E-state index in [-0.39, 0.29) is 0 Å². The van der Waals surface area contributed by atoms with Crippen molar-refractivity contribution < 1.29 is 0 Å². The Morgan fingerprint density at radius 3 is 2.15 bits per heavy atom. The highest BCUT2D eigenvalue weighted by Gasteiger charge is 2.53. The van der Waals surface area contributed by atoms with Crippen LogP contribution in [0.2, 0.25) is 0 Å². The number of hydrogen-bond donors (Lipinski definition) is 0. The van der Waals surface area contributed by atoms with Crippen molar-refractivity contribution >= 4 is 8.58 Å². The Balaban J connectivity index is 2.50. The van der Waals surface area contributed by atoms with Gasteiger partial charge in [-0.05, 0) is 35.0 Å². The van der Waals surface area contributed by atoms with E-state index in [1.54, 1.807) is 0 Å². The maximum absolute atomic E-state index is 2.49. The lowest BCUT2D eigenvalue weighted by Gasteiger charge is -2.60. The van der Waals surface area contributed by atoms with Crippen LogP contribution in [0.4, 0.5) is 0 Å². The van der Waals surface area contributed by atoms with Gasteiger partial charge in [-0.25, -0.2) is 0 Å². The van der Waals surface area contributed by atoms with Crippen LogP contribution in [-0.4, -0.2) is 11.3 Å². The van der Waals surface area contributed by atoms with Gasteiger partial charge in [0.05, 0.1) is 0 Å². The second kappa shape index (κ2) is 3.54. The Hall–Kier alpha value is 0.430. The van der Waals surface area contributed by atoms with Crippen molar-refractivity contribution in [3.05, 3.63) is 0 Å². The molecule has 0 saturated heterocycles. The summed E-state index contributed by atoms with van der Waals surface area (Å²) in [6.07, 6.45) is 2.87. The summed E-state index contributed by atoms with van der Waals surface area (Å²) in [6.45, 7) is 14.5. The highest BCUT2D eigenvalue weighted by molar-refractivity contribution is 7.40. The summed E-state index contributed by atoms with van der Waals surface area (Å²) in [5, 5.41) is 0.649. The summed E-state index contributed by atoms with van der Waals surface area (Å²) in [5.41, 5.74) is 0.584. The molecule has 0 aliphatic heterocycles. The van der Waals surface area contributed by atoms with Crippen molar-refractivity contribution in [1.29, 1.82) is 0 Å². The van der Waals surface area contributed by atoms with E-state index >= 15 is 0 Å². The standard InChI is InChI=1S/C12H25P/c1-9(2)8-13-12(6)7-10(3)11(12,4)5/h9-10,13H,7-8H2,1-6H3. The van der Waals surface area contributed by atoms with Crippen molar-refractivity contribution in [2.24, 2.45) is 17.3 Å². The molecule has 0 radical (unpaired) electrons. The molecular weight excluding hydrogens is 175 g/mol. The molecule has 0 heterocycles. The molecule has 3 atom stereocenters. The molecule has 0 aromatic heterocycles. The summed E-state index contributed by atoms with van der Waals surface area (Å²) >= 11 is 0. The topological polar surface area (TPSA) is 0 Å². The van der Waals surface area contributed by atoms with Gasteiger partial charge in [0.15, 0.2) is 0 Å². The highest BCUT2D eigenvalue weighted by Crippen LogP contribution is 2.63. The Bertz CT molecular complexity index is 184. The maximum atomic E-state index is 2.49. The first-order valence-electron chi connectivity index (χ1n) is 5.54. The second-order valence-corrected chi connectivity index (χ2v) is 7.80. The van der Waals surface area contributed by atoms with Gasteiger partial charge < -0.3 is 0 Å². The number of hydrogen-bond acceptors (Lipinski definition) is 0. The van der Waals surface area contributed by atoms with Gasteiger partial charge in [0.2, 0.25) is 0 Å². The molecule has 0 spiro atoms. The lowest BCUT2D eigenvalue weighted by Crippen LogP contribution is -2.54. The molecular formula is C12H25P. The molecule has 1 aliphatic carbocycles. The van der Waals surface area contributed by atoms with Crippen LogP contribution in [0.1, 0.15) is 48.0 Å². The lowest BCUT2D eigenvalue weighted by atomic mass is 9.55. The van der Waals surface area contributed by atoms with E-state index in [1.807, 2.05) is 0 Å². The van der Waals surface area contributed by atoms with E-state index in [0.29, 0.717) is 10.6 Å². The maximum Gasteiger partial charge on any atom is -0.00937 e. The summed E-state index contributed by atoms with van der Waals surface area (Å²) < 4.78 is 0. The van der Waals surface area contributed by atoms with Crippen molar-refractivity contribution in [2.45, 2.75) is 53.1 Å². The quantitative estimate of drug-likeness (QED) is 0.600. The Morgan fingerprint density at radius 1 is 1.31 bits per heavy atom. The average Bonchev–Trinajstić information content (AvgIpc) is 2.01. The van der Waals surface area contributed by atoms with Crippen LogP contribution in [0.5, 0.6) is 0 Å². The molecule has 1 heteroatoms. The molecule has 0 nitrogen and oxygen atoms in total. The highest BCUT2D eigenvalue weighted by atomic mass is 31.1. The minimum absolute atomic E-state index is 0.584. The van der Waals surface area contributed by atoms with Gasteiger partial charge in [-0.3, -0.25) is 0 Å². The summed E-state index contributed by atoms with van der Waals surface area (Å²) in [5.74, 6) is 1.80. The lowest BCUT2D eigenvalue weighted by molar-refractivity contribution is 0.0331. The fourth-order valence-corrected chi connectivity index (χ4v) is 4.28. The van der Waals surface area contributed by atoms with E-state index in [0.717, 1.165) is 20.4 Å². The third-order valence-corrected chi connectivity index (χ3v) is 6.92. The van der Waals surface area contributed by atoms with Gasteiger partial charge in [0.1, 0.15) is 0 Å². The minimum Gasteiger partial charge on any atom is -0.115 e. The van der Waals surface area contributed by atoms with Gasteiger partial charge >= 0.3 is 0 Å². The predicted octanol–water partition coefficient (Wildman–Crippen LogP) is 4.15. The van der Waals surface area contributed by atoms with E-state index in [9.17, 15) is 0 Å². The molecule has 0 amide bonds. The first kappa shape index (κ1) is 11.5. The van der Waals surface area contributed by atoms with Crippen LogP contribution in [0.25, 0.3) is 0 Å². The van der Waals surface area contributed by atoms with Gasteiger partial charge in [-0.1, -0.05) is 41.5 Å². The fourth-order valence-electron chi connectivity index (χ4n) is 2.27. The molecule has 1 rings (SSSR count). The zero-order valence-electron chi connectivity index (χ0n) is 10.1. The van der Waals surface area contributed by atoms with E-state index < -0.39 is 0 Å². The smallest absolute Gasteiger partial charge is 0.00937 e. The van der Waals surface area contributed by atoms with Crippen LogP contribution >= 0.6 is 8.58 Å². The molecule has 1 saturated carbocycles. The van der Waals surface area contributed by atoms with E-state index in [1.165, 1.54) is 12.6 Å². The first-order valence-corrected chi connectivity index (χ1v) is 6.75. The summed E-state index contributed by atoms with van der Waals surface area (Å²) in [7, 11) is 1.16. The molecule has 13 heavy (non-hydrogen) atoms. The predicted molar refractivity (Wildman–Crippen MR) is 64.0 cm³/mol. The van der Waals surface area contributed by atoms with Crippen molar-refractivity contribution in [3.8, 4) is 0 Å². The molecule has 78 valence electrons. The third-order valence-electron chi connectivity index (χ3n) is 4.27. The molecule has 3 unspecified atom stereocenters. The molecule has 0 aromatic rings. The second-order valence-electron chi connectivity index (χ2n) is 5.93. The largest absolute Gasteiger partial charge is 0.115 e. The monoisotopic (exact) mass is 200 g/mol. The molecule has 0 bridgehead atoms. The summed E-state index contributed by atoms with van der Waals surface area (Å²) in [4.78, 5) is 0. The van der Waals surface area contributed by atoms with Gasteiger partial charge in [0, 0.05) is 0 Å². The molecule has 0 aromatic carbocycles. The minimum atomic E-state index is 0.584. The number of rotatable bonds is 3. The Labute approximate surface area is 85.7 Å². The normalized spacial score (nSPS) is 38.5. The molecule has 0 N–H and O–H groups in total. The van der Waals surface area contributed by atoms with Crippen molar-refractivity contribution in [3.63, 3.8) is 0 Å². The fraction of sp³-hybridized carbons (Fsp3) is 1.00. The zero-order chi connectivity index (χ0) is 10.3. The van der Waals surface area contributed by atoms with Crippen LogP contribution in [-0.2, 0) is 0 Å². The first-order chi connectivity index (χ1) is 5.79. The average molecular weight is 200 g/mol. The molecule has 1 fully saturated rings. The van der Waals surface area contributed by atoms with E-state index in [2.05, 4.69) is 41.5 Å². The van der Waals surface area contributed by atoms with E-state index in [4.69, 9.17) is 0 Å². The van der Waals surface area contributed by atoms with Gasteiger partial charge in [-0.15, -0.1) is 8.58 Å². The zero-order valence-corrected chi connectivity index (χ0v) is 11.1.